The van der Waals surface area contributed by atoms with Crippen molar-refractivity contribution in [2.45, 2.75) is 32.4 Å². The monoisotopic (exact) mass is 266 g/mol. The van der Waals surface area contributed by atoms with E-state index < -0.39 is 0 Å². The smallest absolute Gasteiger partial charge is 0.129 e. The lowest BCUT2D eigenvalue weighted by Crippen LogP contribution is -2.28. The molecule has 0 bridgehead atoms. The zero-order valence-corrected chi connectivity index (χ0v) is 11.8. The van der Waals surface area contributed by atoms with Gasteiger partial charge in [0, 0.05) is 44.0 Å². The molecule has 0 unspecified atom stereocenters. The van der Waals surface area contributed by atoms with Crippen LogP contribution in [-0.4, -0.2) is 32.8 Å². The van der Waals surface area contributed by atoms with E-state index in [1.165, 1.54) is 18.9 Å². The van der Waals surface area contributed by atoms with Crippen LogP contribution in [0.4, 0.5) is 10.1 Å². The predicted octanol–water partition coefficient (Wildman–Crippen LogP) is 2.55. The Morgan fingerprint density at radius 2 is 2.21 bits per heavy atom. The van der Waals surface area contributed by atoms with Crippen LogP contribution in [0.25, 0.3) is 0 Å². The first-order chi connectivity index (χ1) is 9.27. The maximum atomic E-state index is 14.0. The van der Waals surface area contributed by atoms with Gasteiger partial charge in [0.2, 0.25) is 0 Å². The molecule has 0 saturated heterocycles. The summed E-state index contributed by atoms with van der Waals surface area (Å²) in [7, 11) is 1.67. The lowest BCUT2D eigenvalue weighted by molar-refractivity contribution is 0.199. The van der Waals surface area contributed by atoms with Crippen LogP contribution in [0.15, 0.2) is 18.2 Å². The fourth-order valence-electron chi connectivity index (χ4n) is 2.39. The highest BCUT2D eigenvalue weighted by molar-refractivity contribution is 5.55. The third-order valence-corrected chi connectivity index (χ3v) is 3.52. The van der Waals surface area contributed by atoms with Crippen LogP contribution in [0, 0.1) is 5.82 Å². The first-order valence-corrected chi connectivity index (χ1v) is 7.01. The molecule has 0 amide bonds. The molecular weight excluding hydrogens is 243 g/mol. The van der Waals surface area contributed by atoms with Crippen LogP contribution in [0.1, 0.15) is 25.3 Å². The van der Waals surface area contributed by atoms with E-state index in [2.05, 4.69) is 17.1 Å². The van der Waals surface area contributed by atoms with E-state index in [0.29, 0.717) is 19.2 Å². The van der Waals surface area contributed by atoms with Crippen molar-refractivity contribution in [3.05, 3.63) is 29.6 Å². The fraction of sp³-hybridized carbons (Fsp3) is 0.600. The third-order valence-electron chi connectivity index (χ3n) is 3.52. The number of ether oxygens (including phenoxy) is 1. The summed E-state index contributed by atoms with van der Waals surface area (Å²) in [6.45, 7) is 4.99. The van der Waals surface area contributed by atoms with Crippen LogP contribution in [0.5, 0.6) is 0 Å². The van der Waals surface area contributed by atoms with Gasteiger partial charge in [-0.2, -0.15) is 0 Å². The van der Waals surface area contributed by atoms with Gasteiger partial charge < -0.3 is 15.0 Å². The summed E-state index contributed by atoms with van der Waals surface area (Å²) in [6.07, 6.45) is 2.45. The molecule has 0 aliphatic heterocycles. The summed E-state index contributed by atoms with van der Waals surface area (Å²) in [6, 6.07) is 5.97. The molecule has 0 spiro atoms. The van der Waals surface area contributed by atoms with Crippen molar-refractivity contribution in [2.24, 2.45) is 0 Å². The van der Waals surface area contributed by atoms with E-state index in [0.717, 1.165) is 24.3 Å². The molecule has 4 heteroatoms. The predicted molar refractivity (Wildman–Crippen MR) is 76.0 cm³/mol. The number of nitrogens with one attached hydrogen (secondary N) is 1. The number of hydrogen-bond donors (Lipinski definition) is 1. The van der Waals surface area contributed by atoms with Gasteiger partial charge in [-0.25, -0.2) is 4.39 Å². The van der Waals surface area contributed by atoms with Gasteiger partial charge in [-0.3, -0.25) is 0 Å². The van der Waals surface area contributed by atoms with Gasteiger partial charge >= 0.3 is 0 Å². The minimum atomic E-state index is -0.124. The summed E-state index contributed by atoms with van der Waals surface area (Å²) >= 11 is 0. The number of methoxy groups -OCH3 is 1. The van der Waals surface area contributed by atoms with Gasteiger partial charge in [-0.05, 0) is 31.9 Å². The van der Waals surface area contributed by atoms with Gasteiger partial charge in [0.1, 0.15) is 5.82 Å². The van der Waals surface area contributed by atoms with Gasteiger partial charge in [0.05, 0.1) is 6.61 Å². The molecule has 1 saturated carbocycles. The molecule has 2 rings (SSSR count). The minimum Gasteiger partial charge on any atom is -0.383 e. The Balaban J connectivity index is 2.10. The van der Waals surface area contributed by atoms with E-state index in [-0.39, 0.29) is 5.82 Å². The van der Waals surface area contributed by atoms with E-state index in [1.54, 1.807) is 13.2 Å². The van der Waals surface area contributed by atoms with Crippen molar-refractivity contribution in [3.63, 3.8) is 0 Å². The second-order valence-corrected chi connectivity index (χ2v) is 4.92. The lowest BCUT2D eigenvalue weighted by atomic mass is 10.1. The van der Waals surface area contributed by atoms with Crippen molar-refractivity contribution in [1.29, 1.82) is 0 Å². The number of halogens is 1. The third kappa shape index (κ3) is 3.67. The Hall–Kier alpha value is -1.13. The average Bonchev–Trinajstić information content (AvgIpc) is 3.22. The maximum Gasteiger partial charge on any atom is 0.129 e. The molecule has 1 fully saturated rings. The maximum absolute atomic E-state index is 14.0. The van der Waals surface area contributed by atoms with Crippen molar-refractivity contribution in [3.8, 4) is 0 Å². The molecule has 19 heavy (non-hydrogen) atoms. The number of benzene rings is 1. The highest BCUT2D eigenvalue weighted by Crippen LogP contribution is 2.34. The van der Waals surface area contributed by atoms with E-state index in [4.69, 9.17) is 4.74 Å². The Kier molecular flexibility index (Phi) is 5.16. The highest BCUT2D eigenvalue weighted by Gasteiger charge is 2.29. The molecule has 1 aliphatic rings. The van der Waals surface area contributed by atoms with Crippen molar-refractivity contribution in [2.75, 3.05) is 31.7 Å². The van der Waals surface area contributed by atoms with E-state index >= 15 is 0 Å². The SMILES string of the molecule is CCN(c1cccc(F)c1CNCCOC)C1CC1. The molecule has 1 aliphatic carbocycles. The molecule has 1 aromatic carbocycles. The zero-order valence-electron chi connectivity index (χ0n) is 11.8. The Labute approximate surface area is 114 Å². The molecule has 0 heterocycles. The van der Waals surface area contributed by atoms with Crippen molar-refractivity contribution < 1.29 is 9.13 Å². The van der Waals surface area contributed by atoms with E-state index in [1.807, 2.05) is 6.07 Å². The first kappa shape index (κ1) is 14.3. The largest absolute Gasteiger partial charge is 0.383 e. The summed E-state index contributed by atoms with van der Waals surface area (Å²) in [4.78, 5) is 2.32. The number of rotatable bonds is 8. The first-order valence-electron chi connectivity index (χ1n) is 7.01. The molecule has 1 aromatic rings. The molecule has 1 N–H and O–H groups in total. The van der Waals surface area contributed by atoms with E-state index in [9.17, 15) is 4.39 Å². The summed E-state index contributed by atoms with van der Waals surface area (Å²) in [5.74, 6) is -0.124. The van der Waals surface area contributed by atoms with Crippen LogP contribution in [-0.2, 0) is 11.3 Å². The summed E-state index contributed by atoms with van der Waals surface area (Å²) in [5, 5.41) is 3.23. The quantitative estimate of drug-likeness (QED) is 0.732. The van der Waals surface area contributed by atoms with Gasteiger partial charge in [-0.15, -0.1) is 0 Å². The second kappa shape index (κ2) is 6.87. The topological polar surface area (TPSA) is 24.5 Å². The lowest BCUT2D eigenvalue weighted by Gasteiger charge is -2.26. The highest BCUT2D eigenvalue weighted by atomic mass is 19.1. The molecule has 0 aromatic heterocycles. The standard InChI is InChI=1S/C15H23FN2O/c1-3-18(12-7-8-12)15-6-4-5-14(16)13(15)11-17-9-10-19-2/h4-6,12,17H,3,7-11H2,1-2H3. The van der Waals surface area contributed by atoms with Crippen molar-refractivity contribution >= 4 is 5.69 Å². The number of nitrogens with zero attached hydrogens (tertiary/aromatic N) is 1. The van der Waals surface area contributed by atoms with Crippen LogP contribution in [0.3, 0.4) is 0 Å². The summed E-state index contributed by atoms with van der Waals surface area (Å²) in [5.41, 5.74) is 1.81. The second-order valence-electron chi connectivity index (χ2n) is 4.92. The molecule has 3 nitrogen and oxygen atoms in total. The normalized spacial score (nSPS) is 14.7. The Morgan fingerprint density at radius 3 is 2.84 bits per heavy atom. The van der Waals surface area contributed by atoms with Crippen LogP contribution in [0.2, 0.25) is 0 Å². The number of anilines is 1. The molecule has 0 atom stereocenters. The van der Waals surface area contributed by atoms with Crippen molar-refractivity contribution in [1.82, 2.24) is 5.32 Å². The summed E-state index contributed by atoms with van der Waals surface area (Å²) < 4.78 is 19.0. The molecular formula is C15H23FN2O. The van der Waals surface area contributed by atoms with Gasteiger partial charge in [-0.1, -0.05) is 6.07 Å². The zero-order chi connectivity index (χ0) is 13.7. The van der Waals surface area contributed by atoms with Gasteiger partial charge in [0.15, 0.2) is 0 Å². The molecule has 0 radical (unpaired) electrons. The number of hydrogen-bond acceptors (Lipinski definition) is 3. The van der Waals surface area contributed by atoms with Gasteiger partial charge in [0.25, 0.3) is 0 Å². The fourth-order valence-corrected chi connectivity index (χ4v) is 2.39. The Bertz CT molecular complexity index is 407. The Morgan fingerprint density at radius 1 is 1.42 bits per heavy atom. The van der Waals surface area contributed by atoms with Crippen LogP contribution < -0.4 is 10.2 Å². The molecule has 106 valence electrons. The minimum absolute atomic E-state index is 0.124. The van der Waals surface area contributed by atoms with Crippen LogP contribution >= 0.6 is 0 Å². The average molecular weight is 266 g/mol.